The molecule has 0 atom stereocenters. The highest BCUT2D eigenvalue weighted by molar-refractivity contribution is 5.91. The van der Waals surface area contributed by atoms with Gasteiger partial charge in [0.05, 0.1) is 0 Å². The molecule has 0 saturated carbocycles. The highest BCUT2D eigenvalue weighted by Gasteiger charge is 1.91. The van der Waals surface area contributed by atoms with Crippen molar-refractivity contribution in [2.24, 2.45) is 5.73 Å². The van der Waals surface area contributed by atoms with Gasteiger partial charge in [-0.1, -0.05) is 18.2 Å². The van der Waals surface area contributed by atoms with Gasteiger partial charge >= 0.3 is 0 Å². The molecule has 0 aliphatic carbocycles. The lowest BCUT2D eigenvalue weighted by Gasteiger charge is -1.87. The zero-order valence-electron chi connectivity index (χ0n) is 5.72. The summed E-state index contributed by atoms with van der Waals surface area (Å²) in [6, 6.07) is 0. The maximum atomic E-state index is 10.3. The van der Waals surface area contributed by atoms with Crippen molar-refractivity contribution in [2.75, 3.05) is 0 Å². The Kier molecular flexibility index (Phi) is 3.44. The molecule has 2 heteroatoms. The van der Waals surface area contributed by atoms with Crippen molar-refractivity contribution in [2.45, 2.75) is 13.8 Å². The van der Waals surface area contributed by atoms with Crippen molar-refractivity contribution in [3.8, 4) is 0 Å². The minimum atomic E-state index is -0.367. The number of nitrogens with two attached hydrogens (primary N) is 1. The fourth-order valence-electron chi connectivity index (χ4n) is 0.323. The van der Waals surface area contributed by atoms with E-state index in [1.165, 1.54) is 0 Å². The third-order valence-corrected chi connectivity index (χ3v) is 0.927. The van der Waals surface area contributed by atoms with E-state index < -0.39 is 0 Å². The van der Waals surface area contributed by atoms with Gasteiger partial charge in [0.1, 0.15) is 0 Å². The van der Waals surface area contributed by atoms with Crippen molar-refractivity contribution >= 4 is 5.91 Å². The van der Waals surface area contributed by atoms with Crippen LogP contribution in [0.25, 0.3) is 0 Å². The summed E-state index contributed by atoms with van der Waals surface area (Å²) in [4.78, 5) is 10.3. The molecule has 0 aromatic carbocycles. The van der Waals surface area contributed by atoms with Gasteiger partial charge in [-0.2, -0.15) is 0 Å². The minimum Gasteiger partial charge on any atom is -0.366 e. The first kappa shape index (κ1) is 7.95. The highest BCUT2D eigenvalue weighted by Crippen LogP contribution is 1.89. The number of amides is 1. The van der Waals surface area contributed by atoms with Crippen LogP contribution in [0.5, 0.6) is 0 Å². The molecule has 2 N–H and O–H groups in total. The topological polar surface area (TPSA) is 43.1 Å². The molecule has 9 heavy (non-hydrogen) atoms. The predicted molar refractivity (Wildman–Crippen MR) is 37.8 cm³/mol. The van der Waals surface area contributed by atoms with Crippen molar-refractivity contribution in [3.05, 3.63) is 23.8 Å². The number of carbonyl (C=O) groups excluding carboxylic acids is 1. The van der Waals surface area contributed by atoms with Gasteiger partial charge in [0.25, 0.3) is 0 Å². The van der Waals surface area contributed by atoms with Crippen LogP contribution in [0.2, 0.25) is 0 Å². The molecule has 0 radical (unpaired) electrons. The molecule has 0 heterocycles. The van der Waals surface area contributed by atoms with Crippen LogP contribution in [0.4, 0.5) is 0 Å². The number of rotatable bonds is 2. The first-order valence-electron chi connectivity index (χ1n) is 2.78. The second kappa shape index (κ2) is 3.89. The maximum Gasteiger partial charge on any atom is 0.244 e. The molecule has 0 aromatic rings. The molecule has 0 spiro atoms. The van der Waals surface area contributed by atoms with Crippen molar-refractivity contribution in [3.63, 3.8) is 0 Å². The molecule has 0 saturated heterocycles. The summed E-state index contributed by atoms with van der Waals surface area (Å²) in [6.45, 7) is 3.56. The van der Waals surface area contributed by atoms with Crippen LogP contribution in [-0.4, -0.2) is 5.91 Å². The first-order chi connectivity index (χ1) is 4.18. The van der Waals surface area contributed by atoms with E-state index in [-0.39, 0.29) is 5.91 Å². The second-order valence-corrected chi connectivity index (χ2v) is 1.74. The normalized spacial score (nSPS) is 12.4. The predicted octanol–water partition coefficient (Wildman–Crippen LogP) is 0.994. The molecular formula is C7H11NO. The lowest BCUT2D eigenvalue weighted by atomic mass is 10.2. The van der Waals surface area contributed by atoms with Crippen LogP contribution in [0.1, 0.15) is 13.8 Å². The summed E-state index contributed by atoms with van der Waals surface area (Å²) in [5.41, 5.74) is 5.51. The Morgan fingerprint density at radius 2 is 2.11 bits per heavy atom. The van der Waals surface area contributed by atoms with Crippen LogP contribution in [0.15, 0.2) is 23.8 Å². The number of allylic oxidation sites excluding steroid dienone is 3. The quantitative estimate of drug-likeness (QED) is 0.434. The Morgan fingerprint density at radius 1 is 1.56 bits per heavy atom. The lowest BCUT2D eigenvalue weighted by molar-refractivity contribution is -0.114. The largest absolute Gasteiger partial charge is 0.366 e. The van der Waals surface area contributed by atoms with Crippen molar-refractivity contribution in [1.29, 1.82) is 0 Å². The Labute approximate surface area is 55.1 Å². The zero-order chi connectivity index (χ0) is 7.28. The van der Waals surface area contributed by atoms with Gasteiger partial charge in [-0.05, 0) is 13.8 Å². The van der Waals surface area contributed by atoms with E-state index in [1.54, 1.807) is 19.1 Å². The Balaban J connectivity index is 4.00. The molecule has 0 aliphatic rings. The van der Waals surface area contributed by atoms with E-state index >= 15 is 0 Å². The van der Waals surface area contributed by atoms with Gasteiger partial charge < -0.3 is 5.73 Å². The highest BCUT2D eigenvalue weighted by atomic mass is 16.1. The number of primary amides is 1. The summed E-state index contributed by atoms with van der Waals surface area (Å²) in [5.74, 6) is -0.367. The van der Waals surface area contributed by atoms with Gasteiger partial charge in [0.2, 0.25) is 5.91 Å². The van der Waals surface area contributed by atoms with Gasteiger partial charge in [0, 0.05) is 5.57 Å². The zero-order valence-corrected chi connectivity index (χ0v) is 5.72. The summed E-state index contributed by atoms with van der Waals surface area (Å²) in [6.07, 6.45) is 5.30. The first-order valence-corrected chi connectivity index (χ1v) is 2.78. The van der Waals surface area contributed by atoms with Gasteiger partial charge in [-0.15, -0.1) is 0 Å². The van der Waals surface area contributed by atoms with Crippen molar-refractivity contribution in [1.82, 2.24) is 0 Å². The number of hydrogen-bond donors (Lipinski definition) is 1. The van der Waals surface area contributed by atoms with Gasteiger partial charge in [-0.25, -0.2) is 0 Å². The van der Waals surface area contributed by atoms with E-state index in [0.717, 1.165) is 0 Å². The SMILES string of the molecule is CC=CC=C(C)C(N)=O. The van der Waals surface area contributed by atoms with Crippen LogP contribution in [0, 0.1) is 0 Å². The van der Waals surface area contributed by atoms with E-state index in [1.807, 2.05) is 13.0 Å². The molecule has 0 unspecified atom stereocenters. The Bertz CT molecular complexity index is 156. The number of hydrogen-bond acceptors (Lipinski definition) is 1. The smallest absolute Gasteiger partial charge is 0.244 e. The Morgan fingerprint density at radius 3 is 2.44 bits per heavy atom. The summed E-state index contributed by atoms with van der Waals surface area (Å²) >= 11 is 0. The van der Waals surface area contributed by atoms with E-state index in [9.17, 15) is 4.79 Å². The number of carbonyl (C=O) groups is 1. The average molecular weight is 125 g/mol. The Hall–Kier alpha value is -1.05. The van der Waals surface area contributed by atoms with E-state index in [0.29, 0.717) is 5.57 Å². The minimum absolute atomic E-state index is 0.367. The second-order valence-electron chi connectivity index (χ2n) is 1.74. The molecule has 50 valence electrons. The summed E-state index contributed by atoms with van der Waals surface area (Å²) in [7, 11) is 0. The van der Waals surface area contributed by atoms with Gasteiger partial charge in [0.15, 0.2) is 0 Å². The van der Waals surface area contributed by atoms with E-state index in [2.05, 4.69) is 0 Å². The molecule has 0 fully saturated rings. The average Bonchev–Trinajstić information content (AvgIpc) is 1.82. The molecule has 0 rings (SSSR count). The lowest BCUT2D eigenvalue weighted by Crippen LogP contribution is -2.11. The molecule has 0 aliphatic heterocycles. The van der Waals surface area contributed by atoms with Crippen LogP contribution < -0.4 is 5.73 Å². The van der Waals surface area contributed by atoms with Crippen molar-refractivity contribution < 1.29 is 4.79 Å². The molecule has 0 bridgehead atoms. The van der Waals surface area contributed by atoms with Crippen LogP contribution in [-0.2, 0) is 4.79 Å². The van der Waals surface area contributed by atoms with Gasteiger partial charge in [-0.3, -0.25) is 4.79 Å². The maximum absolute atomic E-state index is 10.3. The fraction of sp³-hybridized carbons (Fsp3) is 0.286. The summed E-state index contributed by atoms with van der Waals surface area (Å²) in [5, 5.41) is 0. The third kappa shape index (κ3) is 3.53. The monoisotopic (exact) mass is 125 g/mol. The molecule has 1 amide bonds. The molecular weight excluding hydrogens is 114 g/mol. The third-order valence-electron chi connectivity index (χ3n) is 0.927. The van der Waals surface area contributed by atoms with E-state index in [4.69, 9.17) is 5.73 Å². The fourth-order valence-corrected chi connectivity index (χ4v) is 0.323. The van der Waals surface area contributed by atoms with Crippen LogP contribution >= 0.6 is 0 Å². The molecule has 2 nitrogen and oxygen atoms in total. The standard InChI is InChI=1S/C7H11NO/c1-3-4-5-6(2)7(8)9/h3-5H,1-2H3,(H2,8,9). The van der Waals surface area contributed by atoms with Crippen LogP contribution in [0.3, 0.4) is 0 Å². The summed E-state index contributed by atoms with van der Waals surface area (Å²) < 4.78 is 0. The molecule has 0 aromatic heterocycles.